The first-order chi connectivity index (χ1) is 42.2. The van der Waals surface area contributed by atoms with Gasteiger partial charge in [-0.3, -0.25) is 38.3 Å². The molecule has 0 saturated heterocycles. The van der Waals surface area contributed by atoms with Crippen molar-refractivity contribution >= 4 is 97.7 Å². The van der Waals surface area contributed by atoms with Gasteiger partial charge >= 0.3 is 11.9 Å². The maximum absolute atomic E-state index is 12.4. The lowest BCUT2D eigenvalue weighted by molar-refractivity contribution is 0.0463. The Morgan fingerprint density at radius 1 is 0.477 bits per heavy atom. The molecule has 24 heteroatoms. The number of aromatic carboxylic acids is 1. The van der Waals surface area contributed by atoms with Crippen LogP contribution >= 0.6 is 73.9 Å². The maximum atomic E-state index is 12.4. The van der Waals surface area contributed by atoms with Crippen molar-refractivity contribution in [1.82, 2.24) is 54.2 Å². The molecule has 1 aliphatic rings. The van der Waals surface area contributed by atoms with Crippen molar-refractivity contribution in [2.75, 3.05) is 0 Å². The topological polar surface area (TPSA) is 221 Å². The first kappa shape index (κ1) is 66.9. The Morgan fingerprint density at radius 3 is 1.23 bits per heavy atom. The fourth-order valence-corrected chi connectivity index (χ4v) is 9.50. The van der Waals surface area contributed by atoms with Crippen molar-refractivity contribution in [2.24, 2.45) is 0 Å². The van der Waals surface area contributed by atoms with E-state index in [4.69, 9.17) is 73.0 Å². The highest BCUT2D eigenvalue weighted by Gasteiger charge is 2.35. The van der Waals surface area contributed by atoms with Gasteiger partial charge in [0.05, 0.1) is 67.5 Å². The van der Waals surface area contributed by atoms with E-state index in [9.17, 15) is 19.2 Å². The molecule has 88 heavy (non-hydrogen) atoms. The summed E-state index contributed by atoms with van der Waals surface area (Å²) in [7, 11) is 0. The number of rotatable bonds is 16. The van der Waals surface area contributed by atoms with Crippen LogP contribution in [0.5, 0.6) is 0 Å². The highest BCUT2D eigenvalue weighted by Crippen LogP contribution is 2.25. The minimum Gasteiger partial charge on any atom is -0.477 e. The van der Waals surface area contributed by atoms with E-state index in [1.54, 1.807) is 68.8 Å². The van der Waals surface area contributed by atoms with Gasteiger partial charge in [0.25, 0.3) is 11.8 Å². The molecule has 5 aromatic heterocycles. The first-order valence-electron chi connectivity index (χ1n) is 26.5. The quantitative estimate of drug-likeness (QED) is 0.0467. The van der Waals surface area contributed by atoms with Gasteiger partial charge < -0.3 is 14.9 Å². The second-order valence-electron chi connectivity index (χ2n) is 18.8. The zero-order valence-electron chi connectivity index (χ0n) is 46.0. The Labute approximate surface area is 540 Å². The SMILES string of the molecule is C.Clc1ccccc1Cn1ccc(CBr)n1.O=C(O)c1ccn[nH]1.O=C(OCc1ccccc1Cl)c1ccn(Cc2ccccc2Cl)n1.O=C1c2ccccc2C(=O)N1Cc1ccn(Cc2ccccc2Cl)n1.OCc1ccn(Cc2ccccc2Cl)n1. The monoisotopic (exact) mass is 1350 g/mol. The number of hydrogen-bond acceptors (Lipinski definition) is 11. The fourth-order valence-electron chi connectivity index (χ4n) is 8.23. The Balaban J connectivity index is 0.000000163. The third-order valence-corrected chi connectivity index (χ3v) is 15.1. The van der Waals surface area contributed by atoms with Gasteiger partial charge in [-0.15, -0.1) is 0 Å². The van der Waals surface area contributed by atoms with Gasteiger partial charge in [0.1, 0.15) is 12.3 Å². The number of aromatic amines is 1. The van der Waals surface area contributed by atoms with E-state index in [1.165, 1.54) is 17.2 Å². The molecule has 1 aliphatic heterocycles. The number of aliphatic hydroxyl groups excluding tert-OH is 1. The molecule has 0 fully saturated rings. The van der Waals surface area contributed by atoms with Gasteiger partial charge in [-0.25, -0.2) is 9.59 Å². The molecular formula is C64H57BrCl5N11O7. The molecule has 0 saturated carbocycles. The van der Waals surface area contributed by atoms with Crippen LogP contribution in [-0.4, -0.2) is 88.2 Å². The average molecular weight is 1350 g/mol. The molecular weight excluding hydrogens is 1290 g/mol. The number of ether oxygens (including phenoxy) is 1. The number of aromatic nitrogens is 10. The molecule has 0 bridgehead atoms. The third-order valence-electron chi connectivity index (χ3n) is 12.6. The second kappa shape index (κ2) is 33.5. The first-order valence-corrected chi connectivity index (χ1v) is 29.5. The standard InChI is InChI=1S/C19H14ClN3O2.C18H14Cl2N2O2.C11H10BrClN2.C11H11ClN2O.C4H4N2O2.CH4/c20-17-8-4-1-5-13(17)11-22-10-9-14(21-22)12-23-18(24)15-6-2-3-7-16(15)19(23)25;19-15-7-3-1-5-13(15)11-22-10-9-17(21-22)18(23)24-12-14-6-2-4-8-16(14)20;12-7-10-5-6-15(14-10)8-9-3-1-2-4-11(9)13;12-11-4-2-1-3-9(11)7-14-6-5-10(8-15)13-14;7-4(8)3-1-2-5-6-3;/h1-10H,11-12H2;1-10H,11-12H2;1-6H,7-8H2;1-6,15H,7-8H2;1-2H,(H,5,6)(H,7,8);1H4. The highest BCUT2D eigenvalue weighted by molar-refractivity contribution is 9.08. The number of H-pyrrole nitrogens is 1. The molecule has 452 valence electrons. The number of fused-ring (bicyclic) bond motifs is 1. The fraction of sp³-hybridized carbons (Fsp3) is 0.141. The van der Waals surface area contributed by atoms with Gasteiger partial charge in [0, 0.05) is 67.0 Å². The summed E-state index contributed by atoms with van der Waals surface area (Å²) >= 11 is 33.8. The molecule has 6 heterocycles. The number of hydrogen-bond donors (Lipinski definition) is 3. The van der Waals surface area contributed by atoms with Crippen LogP contribution in [0, 0.1) is 0 Å². The number of carboxylic acids is 1. The molecule has 0 spiro atoms. The van der Waals surface area contributed by atoms with Gasteiger partial charge in [-0.2, -0.15) is 25.5 Å². The summed E-state index contributed by atoms with van der Waals surface area (Å²) in [6.07, 6.45) is 8.71. The lowest BCUT2D eigenvalue weighted by Gasteiger charge is -2.11. The number of amides is 2. The number of carbonyl (C=O) groups is 4. The average Bonchev–Trinajstić information content (AvgIpc) is 3.39. The molecule has 11 aromatic rings. The second-order valence-corrected chi connectivity index (χ2v) is 21.4. The summed E-state index contributed by atoms with van der Waals surface area (Å²) in [5, 5.41) is 44.2. The number of aliphatic hydroxyl groups is 1. The largest absolute Gasteiger partial charge is 0.477 e. The third kappa shape index (κ3) is 19.2. The molecule has 18 nitrogen and oxygen atoms in total. The van der Waals surface area contributed by atoms with Crippen LogP contribution in [0.15, 0.2) is 207 Å². The summed E-state index contributed by atoms with van der Waals surface area (Å²) < 4.78 is 12.3. The van der Waals surface area contributed by atoms with Crippen LogP contribution in [0.3, 0.4) is 0 Å². The summed E-state index contributed by atoms with van der Waals surface area (Å²) in [6, 6.07) is 53.2. The van der Waals surface area contributed by atoms with E-state index in [0.717, 1.165) is 48.9 Å². The molecule has 0 aliphatic carbocycles. The molecule has 0 atom stereocenters. The molecule has 6 aromatic carbocycles. The van der Waals surface area contributed by atoms with Crippen LogP contribution < -0.4 is 0 Å². The molecule has 0 radical (unpaired) electrons. The Morgan fingerprint density at radius 2 is 0.852 bits per heavy atom. The van der Waals surface area contributed by atoms with Gasteiger partial charge in [0.15, 0.2) is 5.69 Å². The zero-order valence-corrected chi connectivity index (χ0v) is 51.3. The van der Waals surface area contributed by atoms with Crippen LogP contribution in [0.25, 0.3) is 0 Å². The van der Waals surface area contributed by atoms with Crippen LogP contribution in [0.4, 0.5) is 0 Å². The number of benzene rings is 6. The summed E-state index contributed by atoms with van der Waals surface area (Å²) in [4.78, 5) is 48.1. The van der Waals surface area contributed by atoms with Crippen molar-refractivity contribution in [3.05, 3.63) is 299 Å². The van der Waals surface area contributed by atoms with Crippen molar-refractivity contribution in [2.45, 2.75) is 58.7 Å². The Kier molecular flexibility index (Phi) is 25.4. The van der Waals surface area contributed by atoms with Crippen molar-refractivity contribution in [3.63, 3.8) is 0 Å². The minimum atomic E-state index is -0.984. The summed E-state index contributed by atoms with van der Waals surface area (Å²) in [6.45, 7) is 2.58. The number of imide groups is 1. The lowest BCUT2D eigenvalue weighted by atomic mass is 10.1. The molecule has 12 rings (SSSR count). The van der Waals surface area contributed by atoms with Crippen molar-refractivity contribution in [3.8, 4) is 0 Å². The zero-order chi connectivity index (χ0) is 61.7. The van der Waals surface area contributed by atoms with E-state index in [-0.39, 0.29) is 50.4 Å². The van der Waals surface area contributed by atoms with Crippen LogP contribution in [0.2, 0.25) is 25.1 Å². The predicted octanol–water partition coefficient (Wildman–Crippen LogP) is 14.3. The number of nitrogens with zero attached hydrogens (tertiary/aromatic N) is 10. The minimum absolute atomic E-state index is 0. The van der Waals surface area contributed by atoms with E-state index < -0.39 is 11.9 Å². The molecule has 3 N–H and O–H groups in total. The summed E-state index contributed by atoms with van der Waals surface area (Å²) in [5.74, 6) is -2.03. The van der Waals surface area contributed by atoms with Crippen molar-refractivity contribution < 1.29 is 34.1 Å². The van der Waals surface area contributed by atoms with Gasteiger partial charge in [-0.05, 0) is 95.1 Å². The molecule has 0 unspecified atom stereocenters. The van der Waals surface area contributed by atoms with E-state index in [1.807, 2.05) is 145 Å². The Hall–Kier alpha value is -8.66. The lowest BCUT2D eigenvalue weighted by Crippen LogP contribution is -2.29. The number of carbonyl (C=O) groups excluding carboxylic acids is 3. The van der Waals surface area contributed by atoms with Crippen LogP contribution in [0.1, 0.15) is 94.0 Å². The van der Waals surface area contributed by atoms with E-state index in [0.29, 0.717) is 63.8 Å². The van der Waals surface area contributed by atoms with E-state index in [2.05, 4.69) is 46.5 Å². The van der Waals surface area contributed by atoms with Gasteiger partial charge in [-0.1, -0.05) is 184 Å². The van der Waals surface area contributed by atoms with E-state index >= 15 is 0 Å². The smallest absolute Gasteiger partial charge is 0.359 e. The Bertz CT molecular complexity index is 3950. The number of halogens is 6. The number of esters is 1. The number of nitrogens with one attached hydrogen (secondary N) is 1. The number of alkyl halides is 1. The maximum Gasteiger partial charge on any atom is 0.359 e. The van der Waals surface area contributed by atoms with Crippen molar-refractivity contribution in [1.29, 1.82) is 0 Å². The highest BCUT2D eigenvalue weighted by atomic mass is 79.9. The predicted molar refractivity (Wildman–Crippen MR) is 343 cm³/mol. The van der Waals surface area contributed by atoms with Crippen LogP contribution in [-0.2, 0) is 56.0 Å². The number of carboxylic acid groups (broad SMARTS) is 1. The summed E-state index contributed by atoms with van der Waals surface area (Å²) in [5.41, 5.74) is 8.35. The normalized spacial score (nSPS) is 11.1. The molecule has 2 amide bonds. The van der Waals surface area contributed by atoms with Gasteiger partial charge in [0.2, 0.25) is 0 Å².